The van der Waals surface area contributed by atoms with E-state index in [9.17, 15) is 35.1 Å². The highest BCUT2D eigenvalue weighted by atomic mass is 16.7. The molecule has 1 fully saturated rings. The molecule has 0 bridgehead atoms. The smallest absolute Gasteiger partial charge is 0.202 e. The van der Waals surface area contributed by atoms with Crippen molar-refractivity contribution in [2.45, 2.75) is 83.2 Å². The summed E-state index contributed by atoms with van der Waals surface area (Å²) in [7, 11) is 1.36. The Morgan fingerprint density at radius 1 is 1.14 bits per heavy atom. The molecule has 5 rings (SSSR count). The molecule has 11 nitrogen and oxygen atoms in total. The number of ketones is 2. The first-order chi connectivity index (χ1) is 20.2. The average Bonchev–Trinajstić information content (AvgIpc) is 2.95. The van der Waals surface area contributed by atoms with Gasteiger partial charge in [0.15, 0.2) is 12.1 Å². The molecule has 2 aliphatic carbocycles. The number of fused-ring (bicyclic) bond motifs is 3. The van der Waals surface area contributed by atoms with E-state index in [-0.39, 0.29) is 58.7 Å². The summed E-state index contributed by atoms with van der Waals surface area (Å²) < 4.78 is 17.5. The third-order valence-electron chi connectivity index (χ3n) is 9.20. The Labute approximate surface area is 249 Å². The molecule has 11 heteroatoms. The normalized spacial score (nSPS) is 29.1. The minimum atomic E-state index is -1.76. The Morgan fingerprint density at radius 2 is 1.81 bits per heavy atom. The van der Waals surface area contributed by atoms with Crippen LogP contribution in [0, 0.1) is 5.92 Å². The van der Waals surface area contributed by atoms with Crippen molar-refractivity contribution in [1.29, 1.82) is 0 Å². The Hall–Kier alpha value is -3.32. The summed E-state index contributed by atoms with van der Waals surface area (Å²) in [5, 5.41) is 56.3. The van der Waals surface area contributed by atoms with Gasteiger partial charge >= 0.3 is 0 Å². The third-order valence-corrected chi connectivity index (χ3v) is 9.20. The number of hydrogen-bond acceptors (Lipinski definition) is 11. The molecule has 2 aromatic rings. The van der Waals surface area contributed by atoms with Crippen LogP contribution in [0.2, 0.25) is 0 Å². The summed E-state index contributed by atoms with van der Waals surface area (Å²) in [4.78, 5) is 27.6. The lowest BCUT2D eigenvalue weighted by atomic mass is 9.69. The van der Waals surface area contributed by atoms with Gasteiger partial charge in [-0.1, -0.05) is 31.6 Å². The largest absolute Gasteiger partial charge is 0.507 e. The minimum Gasteiger partial charge on any atom is -0.507 e. The lowest BCUT2D eigenvalue weighted by Gasteiger charge is -2.44. The molecule has 1 saturated heterocycles. The molecule has 0 amide bonds. The van der Waals surface area contributed by atoms with Crippen LogP contribution in [0.1, 0.15) is 89.6 Å². The van der Waals surface area contributed by atoms with Gasteiger partial charge in [-0.05, 0) is 31.4 Å². The van der Waals surface area contributed by atoms with E-state index in [1.54, 1.807) is 19.9 Å². The number of carbonyl (C=O) groups is 2. The Balaban J connectivity index is 1.73. The number of aromatic hydroxyl groups is 2. The van der Waals surface area contributed by atoms with Crippen LogP contribution in [-0.2, 0) is 15.9 Å². The number of nitrogens with two attached hydrogens (primary N) is 1. The predicted molar refractivity (Wildman–Crippen MR) is 154 cm³/mol. The van der Waals surface area contributed by atoms with Crippen LogP contribution in [0.5, 0.6) is 17.2 Å². The van der Waals surface area contributed by atoms with E-state index in [0.717, 1.165) is 5.57 Å². The summed E-state index contributed by atoms with van der Waals surface area (Å²) in [6.45, 7) is 6.78. The molecule has 0 saturated carbocycles. The SMILES string of the molecule is COc1cccc2c1C(=O)c1c(O)c3c(c(O)c1C2=O)C[C@@](O)(C(CO)=C(C)C(C)C)C[C@@H]3O[C@H]1C[C@H](N)[C@H](O)[C@H](C)O1. The fraction of sp³-hybridized carbons (Fsp3) is 0.500. The van der Waals surface area contributed by atoms with Crippen LogP contribution < -0.4 is 10.5 Å². The van der Waals surface area contributed by atoms with E-state index < -0.39 is 71.5 Å². The summed E-state index contributed by atoms with van der Waals surface area (Å²) >= 11 is 0. The lowest BCUT2D eigenvalue weighted by Crippen LogP contribution is -2.52. The monoisotopic (exact) mass is 597 g/mol. The lowest BCUT2D eigenvalue weighted by molar-refractivity contribution is -0.246. The Kier molecular flexibility index (Phi) is 8.18. The number of carbonyl (C=O) groups excluding carboxylic acids is 2. The molecule has 0 aromatic heterocycles. The number of methoxy groups -OCH3 is 1. The number of benzene rings is 2. The van der Waals surface area contributed by atoms with Gasteiger partial charge in [-0.25, -0.2) is 0 Å². The molecule has 7 N–H and O–H groups in total. The number of phenols is 2. The summed E-state index contributed by atoms with van der Waals surface area (Å²) in [5.74, 6) is -2.42. The second-order valence-corrected chi connectivity index (χ2v) is 12.1. The number of aliphatic hydroxyl groups is 3. The van der Waals surface area contributed by atoms with E-state index in [1.807, 2.05) is 13.8 Å². The fourth-order valence-corrected chi connectivity index (χ4v) is 6.61. The number of hydrogen-bond donors (Lipinski definition) is 6. The highest BCUT2D eigenvalue weighted by Gasteiger charge is 2.49. The van der Waals surface area contributed by atoms with Crippen LogP contribution in [0.3, 0.4) is 0 Å². The van der Waals surface area contributed by atoms with Gasteiger partial charge in [0.05, 0.1) is 54.3 Å². The second kappa shape index (κ2) is 11.3. The van der Waals surface area contributed by atoms with Gasteiger partial charge in [-0.3, -0.25) is 9.59 Å². The van der Waals surface area contributed by atoms with E-state index in [4.69, 9.17) is 19.9 Å². The zero-order valence-electron chi connectivity index (χ0n) is 24.9. The van der Waals surface area contributed by atoms with E-state index in [2.05, 4.69) is 0 Å². The van der Waals surface area contributed by atoms with Crippen molar-refractivity contribution in [2.75, 3.05) is 13.7 Å². The Morgan fingerprint density at radius 3 is 2.42 bits per heavy atom. The van der Waals surface area contributed by atoms with Gasteiger partial charge < -0.3 is 45.5 Å². The molecule has 2 aromatic carbocycles. The average molecular weight is 598 g/mol. The van der Waals surface area contributed by atoms with Crippen LogP contribution >= 0.6 is 0 Å². The number of phenolic OH excluding ortho intramolecular Hbond substituents is 2. The van der Waals surface area contributed by atoms with Crippen molar-refractivity contribution in [1.82, 2.24) is 0 Å². The van der Waals surface area contributed by atoms with E-state index in [1.165, 1.54) is 19.2 Å². The number of aliphatic hydroxyl groups excluding tert-OH is 2. The van der Waals surface area contributed by atoms with Crippen molar-refractivity contribution in [2.24, 2.45) is 11.7 Å². The maximum Gasteiger partial charge on any atom is 0.202 e. The maximum atomic E-state index is 13.9. The van der Waals surface area contributed by atoms with Crippen LogP contribution in [-0.4, -0.2) is 81.0 Å². The minimum absolute atomic E-state index is 0.00843. The molecule has 0 unspecified atom stereocenters. The Bertz CT molecular complexity index is 1500. The predicted octanol–water partition coefficient (Wildman–Crippen LogP) is 2.40. The van der Waals surface area contributed by atoms with Crippen LogP contribution in [0.25, 0.3) is 0 Å². The number of ether oxygens (including phenoxy) is 3. The van der Waals surface area contributed by atoms with Gasteiger partial charge in [0, 0.05) is 42.0 Å². The van der Waals surface area contributed by atoms with E-state index in [0.29, 0.717) is 5.57 Å². The number of rotatable bonds is 6. The van der Waals surface area contributed by atoms with Gasteiger partial charge in [-0.2, -0.15) is 0 Å². The first kappa shape index (κ1) is 31.1. The molecule has 3 aliphatic rings. The summed E-state index contributed by atoms with van der Waals surface area (Å²) in [6, 6.07) is 3.83. The number of allylic oxidation sites excluding steroid dienone is 1. The molecule has 43 heavy (non-hydrogen) atoms. The molecular formula is C32H39NO10. The summed E-state index contributed by atoms with van der Waals surface area (Å²) in [6.07, 6.45) is -4.13. The van der Waals surface area contributed by atoms with E-state index >= 15 is 0 Å². The van der Waals surface area contributed by atoms with Gasteiger partial charge in [0.1, 0.15) is 17.2 Å². The summed E-state index contributed by atoms with van der Waals surface area (Å²) in [5.41, 5.74) is 4.65. The topological polar surface area (TPSA) is 189 Å². The zero-order valence-corrected chi connectivity index (χ0v) is 24.9. The molecule has 6 atom stereocenters. The molecular weight excluding hydrogens is 558 g/mol. The fourth-order valence-electron chi connectivity index (χ4n) is 6.61. The first-order valence-electron chi connectivity index (χ1n) is 14.4. The van der Waals surface area contributed by atoms with Crippen LogP contribution in [0.15, 0.2) is 29.3 Å². The maximum absolute atomic E-state index is 13.9. The molecule has 1 heterocycles. The first-order valence-corrected chi connectivity index (χ1v) is 14.4. The van der Waals surface area contributed by atoms with Gasteiger partial charge in [-0.15, -0.1) is 0 Å². The van der Waals surface area contributed by atoms with Crippen molar-refractivity contribution in [3.8, 4) is 17.2 Å². The molecule has 0 spiro atoms. The second-order valence-electron chi connectivity index (χ2n) is 12.1. The van der Waals surface area contributed by atoms with Gasteiger partial charge in [0.2, 0.25) is 5.78 Å². The standard InChI is InChI=1S/C32H39NO10/c1-13(2)14(3)18(12-34)32(40)10-17-24(21(11-32)43-22-9-19(33)27(35)15(4)42-22)31(39)26-25(29(17)37)28(36)16-7-6-8-20(41-5)23(16)30(26)38/h6-8,13,15,19,21-22,27,34-35,37,39-40H,9-12,33H2,1-5H3/t15-,19-,21-,22-,27+,32-/m0/s1. The van der Waals surface area contributed by atoms with Crippen LogP contribution in [0.4, 0.5) is 0 Å². The van der Waals surface area contributed by atoms with Crippen molar-refractivity contribution >= 4 is 11.6 Å². The van der Waals surface area contributed by atoms with Gasteiger partial charge in [0.25, 0.3) is 0 Å². The third kappa shape index (κ3) is 4.94. The molecule has 0 radical (unpaired) electrons. The molecule has 1 aliphatic heterocycles. The van der Waals surface area contributed by atoms with Crippen molar-refractivity contribution < 1.29 is 49.3 Å². The van der Waals surface area contributed by atoms with Crippen molar-refractivity contribution in [3.63, 3.8) is 0 Å². The van der Waals surface area contributed by atoms with Crippen molar-refractivity contribution in [3.05, 3.63) is 62.7 Å². The highest BCUT2D eigenvalue weighted by molar-refractivity contribution is 6.31. The molecule has 232 valence electrons. The quantitative estimate of drug-likeness (QED) is 0.181. The highest BCUT2D eigenvalue weighted by Crippen LogP contribution is 2.54. The zero-order chi connectivity index (χ0) is 31.5.